The molecule has 0 saturated carbocycles. The molecule has 128 valence electrons. The molecule has 0 radical (unpaired) electrons. The number of halogens is 1. The molecule has 1 rings (SSSR count). The van der Waals surface area contributed by atoms with Crippen molar-refractivity contribution in [1.82, 2.24) is 4.98 Å². The zero-order valence-corrected chi connectivity index (χ0v) is 16.3. The van der Waals surface area contributed by atoms with Crippen molar-refractivity contribution in [1.29, 1.82) is 0 Å². The van der Waals surface area contributed by atoms with Crippen molar-refractivity contribution in [3.63, 3.8) is 0 Å². The lowest BCUT2D eigenvalue weighted by Crippen LogP contribution is -2.28. The minimum atomic E-state index is -0.616. The molecule has 2 amide bonds. The molecule has 0 aromatic carbocycles. The smallest absolute Gasteiger partial charge is 0.413 e. The highest BCUT2D eigenvalue weighted by molar-refractivity contribution is 14.1. The minimum absolute atomic E-state index is 0.269. The van der Waals surface area contributed by atoms with Crippen LogP contribution in [0, 0.1) is 3.57 Å². The molecule has 0 atom stereocenters. The van der Waals surface area contributed by atoms with Gasteiger partial charge in [0.15, 0.2) is 0 Å². The molecule has 0 aliphatic rings. The molecular formula is C15H22IN3O4. The van der Waals surface area contributed by atoms with Crippen LogP contribution in [0.4, 0.5) is 21.1 Å². The van der Waals surface area contributed by atoms with Crippen LogP contribution in [0.5, 0.6) is 0 Å². The third-order valence-electron chi connectivity index (χ3n) is 2.12. The van der Waals surface area contributed by atoms with Gasteiger partial charge in [-0.3, -0.25) is 10.6 Å². The summed E-state index contributed by atoms with van der Waals surface area (Å²) in [6, 6.07) is 1.54. The Balaban J connectivity index is 2.79. The predicted molar refractivity (Wildman–Crippen MR) is 96.7 cm³/mol. The number of nitrogens with one attached hydrogen (secondary N) is 2. The normalized spacial score (nSPS) is 11.6. The monoisotopic (exact) mass is 435 g/mol. The highest BCUT2D eigenvalue weighted by Crippen LogP contribution is 2.22. The predicted octanol–water partition coefficient (Wildman–Crippen LogP) is 4.38. The van der Waals surface area contributed by atoms with Gasteiger partial charge >= 0.3 is 12.2 Å². The molecule has 0 aliphatic carbocycles. The summed E-state index contributed by atoms with van der Waals surface area (Å²) in [5.41, 5.74) is -0.716. The van der Waals surface area contributed by atoms with E-state index in [9.17, 15) is 9.59 Å². The second kappa shape index (κ2) is 7.33. The molecule has 0 aliphatic heterocycles. The first-order valence-corrected chi connectivity index (χ1v) is 8.09. The third-order valence-corrected chi connectivity index (χ3v) is 2.98. The Morgan fingerprint density at radius 2 is 1.48 bits per heavy atom. The number of anilines is 2. The Morgan fingerprint density at radius 3 is 1.96 bits per heavy atom. The Bertz CT molecular complexity index is 591. The Hall–Kier alpha value is -1.58. The van der Waals surface area contributed by atoms with E-state index in [0.29, 0.717) is 9.26 Å². The summed E-state index contributed by atoms with van der Waals surface area (Å²) in [7, 11) is 0. The number of hydrogen-bond donors (Lipinski definition) is 2. The lowest BCUT2D eigenvalue weighted by molar-refractivity contribution is 0.0625. The van der Waals surface area contributed by atoms with Crippen molar-refractivity contribution in [2.75, 3.05) is 10.6 Å². The van der Waals surface area contributed by atoms with Crippen LogP contribution in [0.15, 0.2) is 12.3 Å². The second-order valence-electron chi connectivity index (χ2n) is 6.80. The van der Waals surface area contributed by atoms with E-state index in [1.165, 1.54) is 12.3 Å². The van der Waals surface area contributed by atoms with Crippen LogP contribution in [0.25, 0.3) is 0 Å². The van der Waals surface area contributed by atoms with Gasteiger partial charge in [-0.2, -0.15) is 0 Å². The average Bonchev–Trinajstić information content (AvgIpc) is 2.28. The lowest BCUT2D eigenvalue weighted by atomic mass is 10.2. The molecule has 1 heterocycles. The van der Waals surface area contributed by atoms with Crippen LogP contribution in [-0.4, -0.2) is 28.4 Å². The number of carbonyl (C=O) groups excluding carboxylic acids is 2. The lowest BCUT2D eigenvalue weighted by Gasteiger charge is -2.20. The van der Waals surface area contributed by atoms with Crippen molar-refractivity contribution in [2.24, 2.45) is 0 Å². The van der Waals surface area contributed by atoms with Gasteiger partial charge in [0, 0.05) is 12.3 Å². The van der Waals surface area contributed by atoms with Gasteiger partial charge in [-0.25, -0.2) is 14.6 Å². The van der Waals surface area contributed by atoms with E-state index in [1.807, 2.05) is 22.6 Å². The standard InChI is InChI=1S/C15H22IN3O4/c1-14(2,3)22-12(20)18-10-7-11(17-8-9(10)16)19-13(21)23-15(4,5)6/h7-8H,1-6H3,(H2,17,18,19,20,21). The highest BCUT2D eigenvalue weighted by atomic mass is 127. The van der Waals surface area contributed by atoms with E-state index in [2.05, 4.69) is 15.6 Å². The SMILES string of the molecule is CC(C)(C)OC(=O)Nc1cc(NC(=O)OC(C)(C)C)c(I)cn1. The van der Waals surface area contributed by atoms with E-state index in [-0.39, 0.29) is 5.82 Å². The van der Waals surface area contributed by atoms with Crippen LogP contribution in [0.3, 0.4) is 0 Å². The minimum Gasteiger partial charge on any atom is -0.444 e. The number of amides is 2. The molecule has 8 heteroatoms. The fourth-order valence-corrected chi connectivity index (χ4v) is 1.85. The summed E-state index contributed by atoms with van der Waals surface area (Å²) in [4.78, 5) is 27.7. The van der Waals surface area contributed by atoms with Crippen molar-refractivity contribution >= 4 is 46.3 Å². The maximum atomic E-state index is 11.8. The number of ether oxygens (including phenoxy) is 2. The third kappa shape index (κ3) is 8.00. The van der Waals surface area contributed by atoms with Gasteiger partial charge in [-0.1, -0.05) is 0 Å². The van der Waals surface area contributed by atoms with Crippen LogP contribution < -0.4 is 10.6 Å². The zero-order valence-electron chi connectivity index (χ0n) is 14.1. The summed E-state index contributed by atoms with van der Waals surface area (Å²) < 4.78 is 11.1. The van der Waals surface area contributed by atoms with E-state index in [1.54, 1.807) is 41.5 Å². The quantitative estimate of drug-likeness (QED) is 0.674. The second-order valence-corrected chi connectivity index (χ2v) is 7.97. The van der Waals surface area contributed by atoms with Crippen molar-refractivity contribution in [2.45, 2.75) is 52.7 Å². The summed E-state index contributed by atoms with van der Waals surface area (Å²) >= 11 is 2.03. The van der Waals surface area contributed by atoms with E-state index < -0.39 is 23.4 Å². The maximum Gasteiger partial charge on any atom is 0.413 e. The van der Waals surface area contributed by atoms with Gasteiger partial charge in [-0.05, 0) is 64.1 Å². The molecule has 0 fully saturated rings. The number of carbonyl (C=O) groups is 2. The first kappa shape index (κ1) is 19.5. The summed E-state index contributed by atoms with van der Waals surface area (Å²) in [5.74, 6) is 0.269. The molecule has 23 heavy (non-hydrogen) atoms. The van der Waals surface area contributed by atoms with Gasteiger partial charge in [0.05, 0.1) is 9.26 Å². The van der Waals surface area contributed by atoms with Crippen LogP contribution in [-0.2, 0) is 9.47 Å². The molecule has 0 saturated heterocycles. The number of hydrogen-bond acceptors (Lipinski definition) is 5. The van der Waals surface area contributed by atoms with Crippen LogP contribution >= 0.6 is 22.6 Å². The number of aromatic nitrogens is 1. The van der Waals surface area contributed by atoms with Gasteiger partial charge in [0.1, 0.15) is 17.0 Å². The largest absolute Gasteiger partial charge is 0.444 e. The van der Waals surface area contributed by atoms with Crippen molar-refractivity contribution < 1.29 is 19.1 Å². The maximum absolute atomic E-state index is 11.8. The molecular weight excluding hydrogens is 413 g/mol. The first-order valence-electron chi connectivity index (χ1n) is 7.01. The van der Waals surface area contributed by atoms with Gasteiger partial charge < -0.3 is 9.47 Å². The Labute approximate surface area is 149 Å². The summed E-state index contributed by atoms with van der Waals surface area (Å²) in [6.07, 6.45) is 0.333. The van der Waals surface area contributed by atoms with Gasteiger partial charge in [0.25, 0.3) is 0 Å². The molecule has 0 spiro atoms. The number of pyridine rings is 1. The molecule has 7 nitrogen and oxygen atoms in total. The molecule has 1 aromatic heterocycles. The summed E-state index contributed by atoms with van der Waals surface area (Å²) in [5, 5.41) is 5.15. The Kier molecular flexibility index (Phi) is 6.20. The first-order chi connectivity index (χ1) is 10.4. The van der Waals surface area contributed by atoms with Gasteiger partial charge in [-0.15, -0.1) is 0 Å². The van der Waals surface area contributed by atoms with Crippen molar-refractivity contribution in [3.8, 4) is 0 Å². The molecule has 1 aromatic rings. The van der Waals surface area contributed by atoms with Gasteiger partial charge in [0.2, 0.25) is 0 Å². The van der Waals surface area contributed by atoms with Crippen LogP contribution in [0.1, 0.15) is 41.5 Å². The van der Waals surface area contributed by atoms with E-state index in [0.717, 1.165) is 0 Å². The summed E-state index contributed by atoms with van der Waals surface area (Å²) in [6.45, 7) is 10.6. The topological polar surface area (TPSA) is 89.6 Å². The molecule has 2 N–H and O–H groups in total. The Morgan fingerprint density at radius 1 is 1.00 bits per heavy atom. The number of nitrogens with zero attached hydrogens (tertiary/aromatic N) is 1. The average molecular weight is 435 g/mol. The fraction of sp³-hybridized carbons (Fsp3) is 0.533. The molecule has 0 bridgehead atoms. The van der Waals surface area contributed by atoms with Crippen molar-refractivity contribution in [3.05, 3.63) is 15.8 Å². The van der Waals surface area contributed by atoms with Crippen LogP contribution in [0.2, 0.25) is 0 Å². The highest BCUT2D eigenvalue weighted by Gasteiger charge is 2.19. The van der Waals surface area contributed by atoms with E-state index in [4.69, 9.17) is 9.47 Å². The fourth-order valence-electron chi connectivity index (χ4n) is 1.42. The molecule has 0 unspecified atom stereocenters. The number of rotatable bonds is 2. The zero-order chi connectivity index (χ0) is 17.8. The van der Waals surface area contributed by atoms with E-state index >= 15 is 0 Å².